The molecule has 7 atom stereocenters. The lowest BCUT2D eigenvalue weighted by Gasteiger charge is -2.43. The first-order valence-corrected chi connectivity index (χ1v) is 18.6. The van der Waals surface area contributed by atoms with Gasteiger partial charge in [-0.15, -0.1) is 0 Å². The van der Waals surface area contributed by atoms with Gasteiger partial charge >= 0.3 is 12.1 Å². The van der Waals surface area contributed by atoms with Crippen LogP contribution in [0.25, 0.3) is 11.1 Å². The van der Waals surface area contributed by atoms with E-state index in [2.05, 4.69) is 17.1 Å². The van der Waals surface area contributed by atoms with Gasteiger partial charge in [0.25, 0.3) is 0 Å². The Morgan fingerprint density at radius 3 is 2.29 bits per heavy atom. The highest BCUT2D eigenvalue weighted by atomic mass is 19.4. The SMILES string of the molecule is C[C@@H]1[C@H](CN(C)[C@H](C)[C@@H](O)c2ccccc2)O[C@H](c2cccc(-c3cccc(CNC(=O)[C@@H]4CCCN4C(=O)C(F)(F)F)c3)c2)O[C@@H]1c1ccc(CO)cc1. The standard InChI is InChI=1S/C43H48F3N3O6/c1-27-37(25-48(3)28(2)38(51)31-11-5-4-6-12-31)54-41(55-39(27)32-19-17-29(26-50)18-20-32)35-15-8-14-34(23-35)33-13-7-10-30(22-33)24-47-40(52)36-16-9-21-49(36)42(53)43(44,45)46/h4-8,10-15,17-20,22-23,27-28,36-39,41,50-51H,9,16,21,24-26H2,1-3H3,(H,47,52)/t27-,28-,36+,37+,38-,39+,41+/m1/s1. The molecule has 0 spiro atoms. The average molecular weight is 760 g/mol. The summed E-state index contributed by atoms with van der Waals surface area (Å²) in [5, 5.41) is 23.6. The zero-order chi connectivity index (χ0) is 39.3. The Bertz CT molecular complexity index is 1910. The van der Waals surface area contributed by atoms with Crippen LogP contribution < -0.4 is 5.32 Å². The summed E-state index contributed by atoms with van der Waals surface area (Å²) in [5.41, 5.74) is 5.84. The lowest BCUT2D eigenvalue weighted by Crippen LogP contribution is -2.50. The fraction of sp³-hybridized carbons (Fsp3) is 0.395. The molecule has 0 radical (unpaired) electrons. The van der Waals surface area contributed by atoms with Crippen molar-refractivity contribution in [1.29, 1.82) is 0 Å². The highest BCUT2D eigenvalue weighted by Gasteiger charge is 2.47. The first-order valence-electron chi connectivity index (χ1n) is 18.6. The van der Waals surface area contributed by atoms with Crippen LogP contribution in [-0.2, 0) is 32.2 Å². The maximum Gasteiger partial charge on any atom is 0.471 e. The van der Waals surface area contributed by atoms with Gasteiger partial charge in [0.05, 0.1) is 24.9 Å². The molecule has 2 aliphatic rings. The highest BCUT2D eigenvalue weighted by Crippen LogP contribution is 2.43. The molecule has 0 unspecified atom stereocenters. The Morgan fingerprint density at radius 2 is 1.60 bits per heavy atom. The fourth-order valence-corrected chi connectivity index (χ4v) is 7.43. The molecule has 2 aliphatic heterocycles. The zero-order valence-corrected chi connectivity index (χ0v) is 31.2. The van der Waals surface area contributed by atoms with Gasteiger partial charge < -0.3 is 29.9 Å². The summed E-state index contributed by atoms with van der Waals surface area (Å²) < 4.78 is 52.7. The second-order valence-electron chi connectivity index (χ2n) is 14.6. The lowest BCUT2D eigenvalue weighted by molar-refractivity contribution is -0.276. The van der Waals surface area contributed by atoms with Crippen LogP contribution in [0.2, 0.25) is 0 Å². The fourth-order valence-electron chi connectivity index (χ4n) is 7.43. The van der Waals surface area contributed by atoms with E-state index in [1.54, 1.807) is 0 Å². The minimum atomic E-state index is -5.04. The normalized spacial score (nSPS) is 22.7. The van der Waals surface area contributed by atoms with Gasteiger partial charge in [-0.2, -0.15) is 13.2 Å². The third kappa shape index (κ3) is 9.45. The highest BCUT2D eigenvalue weighted by molar-refractivity contribution is 5.90. The average Bonchev–Trinajstić information content (AvgIpc) is 3.70. The monoisotopic (exact) mass is 759 g/mol. The van der Waals surface area contributed by atoms with Crippen LogP contribution in [0.15, 0.2) is 103 Å². The number of rotatable bonds is 12. The summed E-state index contributed by atoms with van der Waals surface area (Å²) >= 11 is 0. The number of ether oxygens (including phenoxy) is 2. The lowest BCUT2D eigenvalue weighted by atomic mass is 9.89. The quantitative estimate of drug-likeness (QED) is 0.145. The Labute approximate surface area is 319 Å². The molecule has 0 saturated carbocycles. The van der Waals surface area contributed by atoms with E-state index < -0.39 is 36.4 Å². The zero-order valence-electron chi connectivity index (χ0n) is 31.2. The number of aliphatic hydroxyl groups is 2. The van der Waals surface area contributed by atoms with E-state index in [4.69, 9.17) is 9.47 Å². The van der Waals surface area contributed by atoms with Gasteiger partial charge in [0.2, 0.25) is 5.91 Å². The minimum absolute atomic E-state index is 0.0649. The van der Waals surface area contributed by atoms with Crippen molar-refractivity contribution in [2.75, 3.05) is 20.1 Å². The number of carbonyl (C=O) groups is 2. The van der Waals surface area contributed by atoms with Gasteiger partial charge in [0.15, 0.2) is 6.29 Å². The number of alkyl halides is 3. The number of aliphatic hydroxyl groups excluding tert-OH is 2. The van der Waals surface area contributed by atoms with Crippen LogP contribution in [0.4, 0.5) is 13.2 Å². The smallest absolute Gasteiger partial charge is 0.392 e. The van der Waals surface area contributed by atoms with Crippen LogP contribution in [0, 0.1) is 5.92 Å². The number of benzene rings is 4. The number of nitrogens with zero attached hydrogens (tertiary/aromatic N) is 2. The summed E-state index contributed by atoms with van der Waals surface area (Å²) in [6.45, 7) is 4.51. The summed E-state index contributed by atoms with van der Waals surface area (Å²) in [4.78, 5) is 27.5. The van der Waals surface area contributed by atoms with E-state index in [9.17, 15) is 33.0 Å². The Morgan fingerprint density at radius 1 is 0.909 bits per heavy atom. The summed E-state index contributed by atoms with van der Waals surface area (Å²) in [6.07, 6.45) is -6.59. The molecule has 3 N–H and O–H groups in total. The van der Waals surface area contributed by atoms with Crippen LogP contribution in [-0.4, -0.2) is 76.3 Å². The van der Waals surface area contributed by atoms with E-state index in [0.717, 1.165) is 38.9 Å². The molecule has 4 aromatic carbocycles. The number of hydrogen-bond donors (Lipinski definition) is 3. The molecule has 0 bridgehead atoms. The van der Waals surface area contributed by atoms with E-state index in [1.807, 2.05) is 117 Å². The second kappa shape index (κ2) is 17.5. The van der Waals surface area contributed by atoms with Crippen LogP contribution in [0.3, 0.4) is 0 Å². The van der Waals surface area contributed by atoms with Crippen molar-refractivity contribution >= 4 is 11.8 Å². The molecule has 12 heteroatoms. The summed E-state index contributed by atoms with van der Waals surface area (Å²) in [7, 11) is 1.98. The Balaban J connectivity index is 1.19. The molecule has 55 heavy (non-hydrogen) atoms. The van der Waals surface area contributed by atoms with E-state index in [0.29, 0.717) is 17.9 Å². The summed E-state index contributed by atoms with van der Waals surface area (Å²) in [5.74, 6) is -2.68. The van der Waals surface area contributed by atoms with Gasteiger partial charge in [-0.25, -0.2) is 0 Å². The Hall–Kier alpha value is -4.59. The van der Waals surface area contributed by atoms with Gasteiger partial charge in [0.1, 0.15) is 6.04 Å². The van der Waals surface area contributed by atoms with Crippen molar-refractivity contribution in [3.63, 3.8) is 0 Å². The molecule has 4 aromatic rings. The molecular weight excluding hydrogens is 711 g/mol. The molecule has 2 fully saturated rings. The third-order valence-electron chi connectivity index (χ3n) is 10.8. The maximum absolute atomic E-state index is 13.1. The molecule has 2 heterocycles. The number of hydrogen-bond acceptors (Lipinski definition) is 7. The van der Waals surface area contributed by atoms with Crippen molar-refractivity contribution in [2.24, 2.45) is 5.92 Å². The van der Waals surface area contributed by atoms with Crippen LogP contribution >= 0.6 is 0 Å². The van der Waals surface area contributed by atoms with Crippen LogP contribution in [0.1, 0.15) is 73.0 Å². The van der Waals surface area contributed by atoms with Gasteiger partial charge in [0, 0.05) is 37.2 Å². The second-order valence-corrected chi connectivity index (χ2v) is 14.6. The third-order valence-corrected chi connectivity index (χ3v) is 10.8. The Kier molecular flexibility index (Phi) is 12.7. The number of nitrogens with one attached hydrogen (secondary N) is 1. The number of halogens is 3. The van der Waals surface area contributed by atoms with Crippen LogP contribution in [0.5, 0.6) is 0 Å². The van der Waals surface area contributed by atoms with Crippen molar-refractivity contribution < 1.29 is 42.4 Å². The molecule has 2 amide bonds. The topological polar surface area (TPSA) is 112 Å². The molecule has 6 rings (SSSR count). The summed E-state index contributed by atoms with van der Waals surface area (Å²) in [6, 6.07) is 31.2. The first kappa shape index (κ1) is 40.1. The first-order chi connectivity index (χ1) is 26.3. The van der Waals surface area contributed by atoms with Gasteiger partial charge in [-0.3, -0.25) is 14.5 Å². The maximum atomic E-state index is 13.1. The van der Waals surface area contributed by atoms with Crippen molar-refractivity contribution in [1.82, 2.24) is 15.1 Å². The molecule has 9 nitrogen and oxygen atoms in total. The predicted molar refractivity (Wildman–Crippen MR) is 201 cm³/mol. The minimum Gasteiger partial charge on any atom is -0.392 e. The molecule has 292 valence electrons. The molecule has 0 aliphatic carbocycles. The molecule has 0 aromatic heterocycles. The largest absolute Gasteiger partial charge is 0.471 e. The molecule has 2 saturated heterocycles. The van der Waals surface area contributed by atoms with E-state index in [-0.39, 0.29) is 50.3 Å². The van der Waals surface area contributed by atoms with Crippen molar-refractivity contribution in [3.05, 3.63) is 131 Å². The van der Waals surface area contributed by atoms with E-state index in [1.165, 1.54) is 0 Å². The van der Waals surface area contributed by atoms with Crippen molar-refractivity contribution in [2.45, 2.75) is 82.7 Å². The molecular formula is C43H48F3N3O6. The number of likely N-dealkylation sites (N-methyl/N-ethyl adjacent to an activating group) is 1. The van der Waals surface area contributed by atoms with Crippen molar-refractivity contribution in [3.8, 4) is 11.1 Å². The van der Waals surface area contributed by atoms with E-state index >= 15 is 0 Å². The number of carbonyl (C=O) groups excluding carboxylic acids is 2. The number of likely N-dealkylation sites (tertiary alicyclic amines) is 1. The van der Waals surface area contributed by atoms with Gasteiger partial charge in [-0.05, 0) is 72.3 Å². The predicted octanol–water partition coefficient (Wildman–Crippen LogP) is 6.86. The van der Waals surface area contributed by atoms with Gasteiger partial charge in [-0.1, -0.05) is 97.9 Å². The number of amides is 2.